The van der Waals surface area contributed by atoms with Crippen molar-refractivity contribution in [3.63, 3.8) is 0 Å². The Balaban J connectivity index is 1.59. The van der Waals surface area contributed by atoms with Crippen LogP contribution in [0.15, 0.2) is 54.3 Å². The number of aromatic hydroxyl groups is 1. The first kappa shape index (κ1) is 71.7. The summed E-state index contributed by atoms with van der Waals surface area (Å²) in [6.45, 7) is 10.3. The molecule has 0 saturated carbocycles. The van der Waals surface area contributed by atoms with Crippen molar-refractivity contribution >= 4 is 83.7 Å². The number of hydrogen-bond donors (Lipinski definition) is 17. The maximum atomic E-state index is 14.8. The molecule has 11 atom stereocenters. The van der Waals surface area contributed by atoms with Crippen LogP contribution in [0.4, 0.5) is 0 Å². The van der Waals surface area contributed by atoms with Gasteiger partial charge in [0.05, 0.1) is 25.1 Å². The average molecular weight is 1250 g/mol. The molecule has 1 saturated heterocycles. The zero-order valence-electron chi connectivity index (χ0n) is 50.1. The number of rotatable bonds is 36. The Morgan fingerprint density at radius 1 is 0.682 bits per heavy atom. The topological polar surface area (TPSA) is 496 Å². The number of carbonyl (C=O) groups excluding carboxylic acids is 9. The molecule has 0 bridgehead atoms. The number of nitrogens with one attached hydrogen (secondary N) is 10. The molecule has 0 aliphatic carbocycles. The average Bonchev–Trinajstić information content (AvgIpc) is 4.21. The molecule has 2 aromatic heterocycles. The van der Waals surface area contributed by atoms with Crippen molar-refractivity contribution in [1.29, 1.82) is 0 Å². The molecular formula is C56H85N17O14S. The van der Waals surface area contributed by atoms with Crippen molar-refractivity contribution < 1.29 is 68.1 Å². The number of likely N-dealkylation sites (tertiary alicyclic amines) is 1. The largest absolute Gasteiger partial charge is 0.508 e. The number of carboxylic acid groups (broad SMARTS) is 2. The van der Waals surface area contributed by atoms with E-state index in [2.05, 4.69) is 80.1 Å². The summed E-state index contributed by atoms with van der Waals surface area (Å²) in [6, 6.07) is -7.88. The third-order valence-corrected chi connectivity index (χ3v) is 14.9. The summed E-state index contributed by atoms with van der Waals surface area (Å²) in [5.74, 6) is -12.1. The summed E-state index contributed by atoms with van der Waals surface area (Å²) in [6.07, 6.45) is 5.29. The number of aromatic nitrogens is 4. The number of phenolic OH excluding ortho intramolecular Hbond substituents is 1. The fourth-order valence-electron chi connectivity index (χ4n) is 9.52. The molecule has 3 aromatic rings. The van der Waals surface area contributed by atoms with E-state index in [-0.39, 0.29) is 81.4 Å². The molecule has 1 fully saturated rings. The van der Waals surface area contributed by atoms with Crippen LogP contribution in [0.3, 0.4) is 0 Å². The van der Waals surface area contributed by atoms with Crippen LogP contribution in [-0.2, 0) is 72.0 Å². The van der Waals surface area contributed by atoms with Gasteiger partial charge in [0.2, 0.25) is 53.2 Å². The van der Waals surface area contributed by atoms with Gasteiger partial charge in [-0.05, 0) is 67.6 Å². The normalized spacial score (nSPS) is 16.4. The SMILES string of the molecule is CC[C@H](C)[C@H](NC(=O)[C@H](Cc1ccc(O)cc1)NC(=O)[C@@H](NC(=O)[C@H](CCCN=C(N)N)NC(=O)[C@@H](N)CC(=O)O)C(C)C)C(=O)N[C@@H](Cc1cnc[nH]1)C(=O)N1CCC[C@H]1C(=O)N[C@@H](CS)C(=O)N[C@@H](Cc1cnc[nH]1)C(=O)N[C@@H](CC(C)C)C(=O)O. The van der Waals surface area contributed by atoms with Gasteiger partial charge in [0.15, 0.2) is 5.96 Å². The van der Waals surface area contributed by atoms with Gasteiger partial charge in [-0.2, -0.15) is 12.6 Å². The van der Waals surface area contributed by atoms with E-state index in [0.717, 1.165) is 0 Å². The zero-order chi connectivity index (χ0) is 65.4. The van der Waals surface area contributed by atoms with E-state index in [1.807, 2.05) is 0 Å². The van der Waals surface area contributed by atoms with Crippen LogP contribution < -0.4 is 59.7 Å². The molecule has 484 valence electrons. The van der Waals surface area contributed by atoms with Gasteiger partial charge in [0.1, 0.15) is 60.1 Å². The number of phenols is 1. The van der Waals surface area contributed by atoms with E-state index in [1.54, 1.807) is 41.5 Å². The molecule has 0 spiro atoms. The predicted octanol–water partition coefficient (Wildman–Crippen LogP) is -2.65. The number of H-pyrrole nitrogens is 2. The number of hydrogen-bond acceptors (Lipinski definition) is 17. The maximum Gasteiger partial charge on any atom is 0.326 e. The van der Waals surface area contributed by atoms with E-state index in [9.17, 15) is 68.1 Å². The number of aliphatic imine (C=N–C) groups is 1. The monoisotopic (exact) mass is 1250 g/mol. The molecule has 0 unspecified atom stereocenters. The highest BCUT2D eigenvalue weighted by Crippen LogP contribution is 2.21. The van der Waals surface area contributed by atoms with Crippen LogP contribution in [0.2, 0.25) is 0 Å². The number of amides is 9. The first-order chi connectivity index (χ1) is 41.6. The molecule has 3 heterocycles. The molecule has 31 nitrogen and oxygen atoms in total. The van der Waals surface area contributed by atoms with Crippen LogP contribution in [-0.4, -0.2) is 190 Å². The van der Waals surface area contributed by atoms with Crippen molar-refractivity contribution in [2.75, 3.05) is 18.8 Å². The second kappa shape index (κ2) is 35.1. The molecule has 1 aliphatic rings. The van der Waals surface area contributed by atoms with Gasteiger partial charge in [0, 0.05) is 61.9 Å². The number of imidazole rings is 2. The molecule has 9 amide bonds. The van der Waals surface area contributed by atoms with Crippen LogP contribution in [0, 0.1) is 17.8 Å². The van der Waals surface area contributed by atoms with E-state index in [4.69, 9.17) is 17.2 Å². The molecule has 88 heavy (non-hydrogen) atoms. The Hall–Kier alpha value is -8.81. The van der Waals surface area contributed by atoms with E-state index >= 15 is 0 Å². The van der Waals surface area contributed by atoms with Gasteiger partial charge < -0.3 is 89.9 Å². The van der Waals surface area contributed by atoms with Crippen molar-refractivity contribution in [2.45, 2.75) is 166 Å². The molecule has 32 heteroatoms. The zero-order valence-corrected chi connectivity index (χ0v) is 51.0. The fourth-order valence-corrected chi connectivity index (χ4v) is 9.78. The molecule has 4 rings (SSSR count). The lowest BCUT2D eigenvalue weighted by Crippen LogP contribution is -2.62. The highest BCUT2D eigenvalue weighted by Gasteiger charge is 2.42. The van der Waals surface area contributed by atoms with Crippen LogP contribution in [0.25, 0.3) is 0 Å². The Morgan fingerprint density at radius 3 is 1.75 bits per heavy atom. The van der Waals surface area contributed by atoms with E-state index < -0.39 is 144 Å². The summed E-state index contributed by atoms with van der Waals surface area (Å²) < 4.78 is 0. The molecule has 1 aliphatic heterocycles. The number of aromatic amines is 2. The Morgan fingerprint density at radius 2 is 1.20 bits per heavy atom. The van der Waals surface area contributed by atoms with E-state index in [0.29, 0.717) is 29.8 Å². The number of carboxylic acids is 2. The number of carbonyl (C=O) groups is 11. The summed E-state index contributed by atoms with van der Waals surface area (Å²) >= 11 is 4.32. The lowest BCUT2D eigenvalue weighted by Gasteiger charge is -2.32. The summed E-state index contributed by atoms with van der Waals surface area (Å²) in [7, 11) is 0. The van der Waals surface area contributed by atoms with Gasteiger partial charge in [0.25, 0.3) is 0 Å². The first-order valence-corrected chi connectivity index (χ1v) is 29.6. The second-order valence-electron chi connectivity index (χ2n) is 22.4. The van der Waals surface area contributed by atoms with Crippen molar-refractivity contribution in [3.05, 3.63) is 66.3 Å². The number of nitrogens with two attached hydrogens (primary N) is 3. The summed E-state index contributed by atoms with van der Waals surface area (Å²) in [4.78, 5) is 170. The maximum absolute atomic E-state index is 14.8. The lowest BCUT2D eigenvalue weighted by molar-refractivity contribution is -0.143. The lowest BCUT2D eigenvalue weighted by atomic mass is 9.96. The van der Waals surface area contributed by atoms with Crippen molar-refractivity contribution in [3.8, 4) is 5.75 Å². The number of guanidine groups is 1. The summed E-state index contributed by atoms with van der Waals surface area (Å²) in [5, 5.41) is 50.2. The van der Waals surface area contributed by atoms with Crippen molar-refractivity contribution in [1.82, 2.24) is 67.4 Å². The Labute approximate surface area is 514 Å². The number of nitrogens with zero attached hydrogens (tertiary/aromatic N) is 4. The van der Waals surface area contributed by atoms with Gasteiger partial charge in [-0.3, -0.25) is 52.9 Å². The Kier molecular flexibility index (Phi) is 28.6. The fraction of sp³-hybridized carbons (Fsp3) is 0.571. The van der Waals surface area contributed by atoms with E-state index in [1.165, 1.54) is 54.2 Å². The minimum absolute atomic E-state index is 0.0435. The number of aliphatic carboxylic acids is 2. The highest BCUT2D eigenvalue weighted by molar-refractivity contribution is 7.80. The third-order valence-electron chi connectivity index (χ3n) is 14.5. The van der Waals surface area contributed by atoms with Gasteiger partial charge in [-0.1, -0.05) is 60.1 Å². The number of benzene rings is 1. The van der Waals surface area contributed by atoms with Gasteiger partial charge in [-0.15, -0.1) is 0 Å². The van der Waals surface area contributed by atoms with Gasteiger partial charge >= 0.3 is 11.9 Å². The molecular weight excluding hydrogens is 1170 g/mol. The van der Waals surface area contributed by atoms with Crippen LogP contribution in [0.1, 0.15) is 103 Å². The van der Waals surface area contributed by atoms with Crippen LogP contribution in [0.5, 0.6) is 5.75 Å². The first-order valence-electron chi connectivity index (χ1n) is 28.9. The van der Waals surface area contributed by atoms with Gasteiger partial charge in [-0.25, -0.2) is 14.8 Å². The smallest absolute Gasteiger partial charge is 0.326 e. The molecule has 0 radical (unpaired) electrons. The Bertz CT molecular complexity index is 2870. The predicted molar refractivity (Wildman–Crippen MR) is 322 cm³/mol. The minimum Gasteiger partial charge on any atom is -0.508 e. The van der Waals surface area contributed by atoms with Crippen LogP contribution >= 0.6 is 12.6 Å². The quantitative estimate of drug-likeness (QED) is 0.0122. The third kappa shape index (κ3) is 22.8. The summed E-state index contributed by atoms with van der Waals surface area (Å²) in [5.41, 5.74) is 18.0. The standard InChI is InChI=1S/C56H85N17O14S/c1-7-30(6)45(72-49(80)37(19-31-12-14-34(74)15-13-31)67-52(83)44(29(4)5)71-47(78)36(10-8-16-62-56(58)59)65-46(77)35(57)22-43(75)76)53(84)68-39(21-33-24-61-27-64-33)54(85)73-17-9-11-42(73)51(82)70-41(25-88)50(81)66-38(20-32-23-60-26-63-32)48(79)69-40(55(86)87)18-28(2)3/h12-15,23-24,26-30,35-42,44-45,74,88H,7-11,16-22,25,57H2,1-6H3,(H,60,63)(H,61,64)(H,65,77)(H,66,81)(H,67,83)(H,68,84)(H,69,79)(H,70,82)(H,71,78)(H,72,80)(H,75,76)(H,86,87)(H4,58,59,62)/t30-,35-,36-,37-,38-,39-,40-,41-,42-,44-,45-/m0/s1. The highest BCUT2D eigenvalue weighted by atomic mass is 32.1. The second-order valence-corrected chi connectivity index (χ2v) is 22.8. The molecule has 19 N–H and O–H groups in total. The molecule has 1 aromatic carbocycles. The van der Waals surface area contributed by atoms with Crippen molar-refractivity contribution in [2.24, 2.45) is 39.9 Å². The number of thiol groups is 1. The minimum atomic E-state index is -1.53.